The molecular weight excluding hydrogens is 361 g/mol. The number of alkyl halides is 1. The first kappa shape index (κ1) is 14.3. The highest BCUT2D eigenvalue weighted by Crippen LogP contribution is 2.31. The fraction of sp³-hybridized carbons (Fsp3) is 0.538. The number of hydrogen-bond donors (Lipinski definition) is 0. The van der Waals surface area contributed by atoms with Crippen molar-refractivity contribution < 1.29 is 8.42 Å². The third kappa shape index (κ3) is 2.58. The largest absolute Gasteiger partial charge is 0.243 e. The van der Waals surface area contributed by atoms with Crippen LogP contribution in [0.5, 0.6) is 0 Å². The van der Waals surface area contributed by atoms with E-state index in [4.69, 9.17) is 0 Å². The molecule has 1 saturated heterocycles. The standard InChI is InChI=1S/C13H18INO2S/c1-10-3-5-12(6-4-10)18(16,17)15-8-7-11(2)13(15)9-14/h3-6,11,13H,7-9H2,1-2H3/t11-,13-/m1/s1. The molecule has 0 saturated carbocycles. The van der Waals surface area contributed by atoms with Crippen LogP contribution in [0, 0.1) is 12.8 Å². The monoisotopic (exact) mass is 379 g/mol. The number of hydrogen-bond acceptors (Lipinski definition) is 2. The first-order valence-corrected chi connectivity index (χ1v) is 9.08. The third-order valence-electron chi connectivity index (χ3n) is 3.62. The first-order valence-electron chi connectivity index (χ1n) is 6.11. The van der Waals surface area contributed by atoms with Crippen molar-refractivity contribution in [3.63, 3.8) is 0 Å². The van der Waals surface area contributed by atoms with Gasteiger partial charge < -0.3 is 0 Å². The van der Waals surface area contributed by atoms with Crippen LogP contribution in [-0.2, 0) is 10.0 Å². The van der Waals surface area contributed by atoms with E-state index < -0.39 is 10.0 Å². The number of sulfonamides is 1. The van der Waals surface area contributed by atoms with Crippen LogP contribution in [0.1, 0.15) is 18.9 Å². The van der Waals surface area contributed by atoms with Crippen LogP contribution in [0.4, 0.5) is 0 Å². The Morgan fingerprint density at radius 3 is 2.50 bits per heavy atom. The van der Waals surface area contributed by atoms with E-state index in [0.29, 0.717) is 17.4 Å². The summed E-state index contributed by atoms with van der Waals surface area (Å²) in [6.07, 6.45) is 0.957. The van der Waals surface area contributed by atoms with E-state index in [1.54, 1.807) is 16.4 Å². The third-order valence-corrected chi connectivity index (χ3v) is 6.46. The predicted octanol–water partition coefficient (Wildman–Crippen LogP) is 2.83. The van der Waals surface area contributed by atoms with Crippen LogP contribution in [0.2, 0.25) is 0 Å². The van der Waals surface area contributed by atoms with Crippen molar-refractivity contribution in [2.75, 3.05) is 11.0 Å². The summed E-state index contributed by atoms with van der Waals surface area (Å²) in [5.41, 5.74) is 1.08. The maximum atomic E-state index is 12.6. The van der Waals surface area contributed by atoms with Crippen molar-refractivity contribution in [2.24, 2.45) is 5.92 Å². The van der Waals surface area contributed by atoms with Gasteiger partial charge in [0.05, 0.1) is 4.90 Å². The average Bonchev–Trinajstić information content (AvgIpc) is 2.71. The lowest BCUT2D eigenvalue weighted by molar-refractivity contribution is 0.380. The Balaban J connectivity index is 2.34. The second-order valence-electron chi connectivity index (χ2n) is 4.92. The lowest BCUT2D eigenvalue weighted by Crippen LogP contribution is -2.38. The Hall–Kier alpha value is -0.140. The summed E-state index contributed by atoms with van der Waals surface area (Å²) in [7, 11) is -3.32. The summed E-state index contributed by atoms with van der Waals surface area (Å²) < 4.78 is 27.7. The molecule has 1 aromatic rings. The van der Waals surface area contributed by atoms with Crippen LogP contribution < -0.4 is 0 Å². The number of rotatable bonds is 3. The quantitative estimate of drug-likeness (QED) is 0.598. The minimum atomic E-state index is -3.32. The first-order chi connectivity index (χ1) is 8.46. The second-order valence-corrected chi connectivity index (χ2v) is 7.69. The zero-order valence-corrected chi connectivity index (χ0v) is 13.6. The number of aryl methyl sites for hydroxylation is 1. The van der Waals surface area contributed by atoms with Crippen molar-refractivity contribution in [3.8, 4) is 0 Å². The van der Waals surface area contributed by atoms with Gasteiger partial charge in [-0.15, -0.1) is 0 Å². The predicted molar refractivity (Wildman–Crippen MR) is 81.5 cm³/mol. The van der Waals surface area contributed by atoms with Crippen molar-refractivity contribution in [1.29, 1.82) is 0 Å². The molecule has 2 atom stereocenters. The van der Waals surface area contributed by atoms with Crippen molar-refractivity contribution in [3.05, 3.63) is 29.8 Å². The highest BCUT2D eigenvalue weighted by molar-refractivity contribution is 14.1. The normalized spacial score (nSPS) is 25.5. The van der Waals surface area contributed by atoms with Crippen LogP contribution >= 0.6 is 22.6 Å². The molecule has 3 nitrogen and oxygen atoms in total. The zero-order chi connectivity index (χ0) is 13.3. The summed E-state index contributed by atoms with van der Waals surface area (Å²) in [5.74, 6) is 0.446. The summed E-state index contributed by atoms with van der Waals surface area (Å²) in [6.45, 7) is 4.74. The summed E-state index contributed by atoms with van der Waals surface area (Å²) in [6, 6.07) is 7.25. The van der Waals surface area contributed by atoms with E-state index in [1.165, 1.54) is 0 Å². The van der Waals surface area contributed by atoms with Gasteiger partial charge in [-0.05, 0) is 31.4 Å². The van der Waals surface area contributed by atoms with Crippen LogP contribution in [0.25, 0.3) is 0 Å². The lowest BCUT2D eigenvalue weighted by atomic mass is 10.1. The topological polar surface area (TPSA) is 37.4 Å². The molecule has 0 amide bonds. The van der Waals surface area contributed by atoms with Gasteiger partial charge >= 0.3 is 0 Å². The molecule has 100 valence electrons. The fourth-order valence-corrected chi connectivity index (χ4v) is 5.69. The van der Waals surface area contributed by atoms with Gasteiger partial charge in [-0.1, -0.05) is 47.2 Å². The summed E-state index contributed by atoms with van der Waals surface area (Å²) >= 11 is 2.28. The van der Waals surface area contributed by atoms with Gasteiger partial charge in [-0.3, -0.25) is 0 Å². The highest BCUT2D eigenvalue weighted by atomic mass is 127. The molecule has 0 spiro atoms. The Morgan fingerprint density at radius 1 is 1.33 bits per heavy atom. The molecule has 0 aliphatic carbocycles. The number of nitrogens with zero attached hydrogens (tertiary/aromatic N) is 1. The minimum Gasteiger partial charge on any atom is -0.207 e. The van der Waals surface area contributed by atoms with Crippen molar-refractivity contribution >= 4 is 32.6 Å². The summed E-state index contributed by atoms with van der Waals surface area (Å²) in [4.78, 5) is 0.414. The minimum absolute atomic E-state index is 0.136. The lowest BCUT2D eigenvalue weighted by Gasteiger charge is -2.24. The molecule has 1 fully saturated rings. The molecule has 5 heteroatoms. The van der Waals surface area contributed by atoms with E-state index in [-0.39, 0.29) is 6.04 Å². The number of benzene rings is 1. The van der Waals surface area contributed by atoms with Gasteiger partial charge in [0.1, 0.15) is 0 Å². The molecule has 1 aliphatic heterocycles. The van der Waals surface area contributed by atoms with Gasteiger partial charge in [0.15, 0.2) is 0 Å². The Kier molecular flexibility index (Phi) is 4.33. The average molecular weight is 379 g/mol. The molecule has 18 heavy (non-hydrogen) atoms. The zero-order valence-electron chi connectivity index (χ0n) is 10.6. The molecule has 1 heterocycles. The van der Waals surface area contributed by atoms with Gasteiger partial charge in [-0.2, -0.15) is 4.31 Å². The Bertz CT molecular complexity index is 512. The van der Waals surface area contributed by atoms with Crippen LogP contribution in [0.15, 0.2) is 29.2 Å². The molecule has 0 aromatic heterocycles. The van der Waals surface area contributed by atoms with E-state index >= 15 is 0 Å². The molecule has 1 aromatic carbocycles. The van der Waals surface area contributed by atoms with Crippen molar-refractivity contribution in [2.45, 2.75) is 31.2 Å². The molecule has 0 N–H and O–H groups in total. The maximum absolute atomic E-state index is 12.6. The van der Waals surface area contributed by atoms with Gasteiger partial charge in [0.25, 0.3) is 0 Å². The van der Waals surface area contributed by atoms with E-state index in [0.717, 1.165) is 16.4 Å². The van der Waals surface area contributed by atoms with E-state index in [2.05, 4.69) is 29.5 Å². The van der Waals surface area contributed by atoms with E-state index in [1.807, 2.05) is 19.1 Å². The van der Waals surface area contributed by atoms with Crippen molar-refractivity contribution in [1.82, 2.24) is 4.31 Å². The molecular formula is C13H18INO2S. The van der Waals surface area contributed by atoms with E-state index in [9.17, 15) is 8.42 Å². The SMILES string of the molecule is Cc1ccc(S(=O)(=O)N2CC[C@@H](C)[C@H]2CI)cc1. The molecule has 2 rings (SSSR count). The fourth-order valence-electron chi connectivity index (χ4n) is 2.35. The smallest absolute Gasteiger partial charge is 0.207 e. The van der Waals surface area contributed by atoms with Crippen LogP contribution in [0.3, 0.4) is 0 Å². The van der Waals surface area contributed by atoms with Gasteiger partial charge in [0, 0.05) is 17.0 Å². The summed E-state index contributed by atoms with van der Waals surface area (Å²) in [5, 5.41) is 0. The Labute approximate surface area is 123 Å². The van der Waals surface area contributed by atoms with Gasteiger partial charge in [-0.25, -0.2) is 8.42 Å². The number of halogens is 1. The molecule has 0 unspecified atom stereocenters. The Morgan fingerprint density at radius 2 is 1.94 bits per heavy atom. The molecule has 1 aliphatic rings. The second kappa shape index (κ2) is 5.46. The molecule has 0 bridgehead atoms. The molecule has 0 radical (unpaired) electrons. The van der Waals surface area contributed by atoms with Crippen LogP contribution in [-0.4, -0.2) is 29.7 Å². The van der Waals surface area contributed by atoms with Gasteiger partial charge in [0.2, 0.25) is 10.0 Å². The maximum Gasteiger partial charge on any atom is 0.243 e. The highest BCUT2D eigenvalue weighted by Gasteiger charge is 2.38.